The lowest BCUT2D eigenvalue weighted by atomic mass is 9.95. The van der Waals surface area contributed by atoms with E-state index in [-0.39, 0.29) is 17.4 Å². The molecule has 3 aromatic rings. The molecule has 0 bridgehead atoms. The number of fused-ring (bicyclic) bond motifs is 1. The number of carboxylic acids is 1. The van der Waals surface area contributed by atoms with Crippen molar-refractivity contribution >= 4 is 28.6 Å². The van der Waals surface area contributed by atoms with Crippen molar-refractivity contribution in [1.29, 1.82) is 0 Å². The van der Waals surface area contributed by atoms with Gasteiger partial charge in [-0.2, -0.15) is 0 Å². The maximum absolute atomic E-state index is 14.0. The third-order valence-electron chi connectivity index (χ3n) is 8.63. The van der Waals surface area contributed by atoms with E-state index in [1.165, 1.54) is 5.39 Å². The number of hydrogen-bond acceptors (Lipinski definition) is 6. The number of aliphatic carboxylic acids is 1. The summed E-state index contributed by atoms with van der Waals surface area (Å²) in [7, 11) is 7.78. The van der Waals surface area contributed by atoms with Crippen LogP contribution in [-0.2, 0) is 27.2 Å². The smallest absolute Gasteiger partial charge is 0.327 e. The summed E-state index contributed by atoms with van der Waals surface area (Å²) in [5, 5.41) is 13.8. The average molecular weight is 658 g/mol. The van der Waals surface area contributed by atoms with Crippen molar-refractivity contribution in [2.45, 2.75) is 63.6 Å². The van der Waals surface area contributed by atoms with Crippen LogP contribution in [0.2, 0.25) is 0 Å². The van der Waals surface area contributed by atoms with Crippen LogP contribution in [0, 0.1) is 5.92 Å². The molecule has 0 aromatic heterocycles. The third-order valence-corrected chi connectivity index (χ3v) is 8.63. The number of piperidine rings is 1. The van der Waals surface area contributed by atoms with Crippen molar-refractivity contribution < 1.29 is 19.5 Å². The number of nitrogens with zero attached hydrogens (tertiary/aromatic N) is 3. The first-order valence-electron chi connectivity index (χ1n) is 16.8. The molecule has 1 heterocycles. The summed E-state index contributed by atoms with van der Waals surface area (Å²) < 4.78 is 0. The highest BCUT2D eigenvalue weighted by Crippen LogP contribution is 2.22. The van der Waals surface area contributed by atoms with Crippen LogP contribution in [-0.4, -0.2) is 103 Å². The number of likely N-dealkylation sites (N-methyl/N-ethyl adjacent to an activating group) is 2. The molecule has 3 atom stereocenters. The molecule has 1 saturated heterocycles. The van der Waals surface area contributed by atoms with E-state index in [4.69, 9.17) is 10.8 Å². The summed E-state index contributed by atoms with van der Waals surface area (Å²) in [4.78, 5) is 43.7. The monoisotopic (exact) mass is 657 g/mol. The Labute approximate surface area is 286 Å². The lowest BCUT2D eigenvalue weighted by Gasteiger charge is -2.39. The molecule has 1 aliphatic rings. The van der Waals surface area contributed by atoms with Gasteiger partial charge in [0.25, 0.3) is 0 Å². The number of nitrogens with one attached hydrogen (secondary N) is 1. The Bertz CT molecular complexity index is 1500. The molecule has 0 saturated carbocycles. The van der Waals surface area contributed by atoms with Gasteiger partial charge in [-0.25, -0.2) is 4.79 Å². The number of rotatable bonds is 13. The molecular formula is C39H55N5O4. The highest BCUT2D eigenvalue weighted by atomic mass is 16.4. The van der Waals surface area contributed by atoms with Crippen LogP contribution in [0.1, 0.15) is 44.2 Å². The van der Waals surface area contributed by atoms with Gasteiger partial charge in [0.05, 0.1) is 6.04 Å². The largest absolute Gasteiger partial charge is 0.478 e. The van der Waals surface area contributed by atoms with Gasteiger partial charge in [-0.1, -0.05) is 78.9 Å². The number of nitrogens with two attached hydrogens (primary N) is 1. The normalized spacial score (nSPS) is 16.3. The van der Waals surface area contributed by atoms with Gasteiger partial charge in [-0.15, -0.1) is 0 Å². The molecule has 48 heavy (non-hydrogen) atoms. The maximum atomic E-state index is 14.0. The second-order valence-electron chi connectivity index (χ2n) is 13.9. The van der Waals surface area contributed by atoms with Crippen LogP contribution < -0.4 is 11.1 Å². The van der Waals surface area contributed by atoms with Crippen LogP contribution >= 0.6 is 0 Å². The minimum Gasteiger partial charge on any atom is -0.478 e. The first kappa shape index (κ1) is 38.4. The standard InChI is InChI=1S/C32H42N4O2.C7H13NO2/c1-33-29(20-25-16-17-27-14-8-9-15-28(27)19-25)31(37)35(4)30(21-24-11-6-5-7-12-24)32(38)36-18-10-13-26(23-36)22-34(2)3;1-7(2,8)5-3-4-6(9)10/h5-9,11-12,14-17,19,26,29-30,33H,10,13,18,20-23H2,1-4H3;3-4H,5,8H2,1-2H3,(H,9,10)/b;4-3+/t26-,29+,30+;/m0./s1. The Hall–Kier alpha value is -4.05. The van der Waals surface area contributed by atoms with E-state index in [9.17, 15) is 14.4 Å². The molecule has 9 heteroatoms. The van der Waals surface area contributed by atoms with Crippen molar-refractivity contribution in [3.63, 3.8) is 0 Å². The number of carboxylic acid groups (broad SMARTS) is 1. The summed E-state index contributed by atoms with van der Waals surface area (Å²) >= 11 is 0. The van der Waals surface area contributed by atoms with E-state index in [0.717, 1.165) is 55.1 Å². The number of amides is 2. The maximum Gasteiger partial charge on any atom is 0.327 e. The molecule has 3 aromatic carbocycles. The second-order valence-corrected chi connectivity index (χ2v) is 13.9. The summed E-state index contributed by atoms with van der Waals surface area (Å²) in [5.41, 5.74) is 7.42. The highest BCUT2D eigenvalue weighted by molar-refractivity contribution is 5.90. The Morgan fingerprint density at radius 1 is 0.979 bits per heavy atom. The van der Waals surface area contributed by atoms with Gasteiger partial charge < -0.3 is 30.9 Å². The fourth-order valence-electron chi connectivity index (χ4n) is 6.15. The van der Waals surface area contributed by atoms with Crippen LogP contribution in [0.5, 0.6) is 0 Å². The lowest BCUT2D eigenvalue weighted by molar-refractivity contribution is -0.146. The summed E-state index contributed by atoms with van der Waals surface area (Å²) in [6, 6.07) is 23.7. The number of carbonyl (C=O) groups is 3. The van der Waals surface area contributed by atoms with Crippen LogP contribution in [0.15, 0.2) is 84.9 Å². The molecular weight excluding hydrogens is 602 g/mol. The van der Waals surface area contributed by atoms with Crippen molar-refractivity contribution in [3.05, 3.63) is 96.1 Å². The summed E-state index contributed by atoms with van der Waals surface area (Å²) in [5.74, 6) is -0.478. The molecule has 1 aliphatic heterocycles. The summed E-state index contributed by atoms with van der Waals surface area (Å²) in [6.07, 6.45) is 6.44. The Morgan fingerprint density at radius 2 is 1.65 bits per heavy atom. The first-order valence-corrected chi connectivity index (χ1v) is 16.8. The molecule has 4 N–H and O–H groups in total. The summed E-state index contributed by atoms with van der Waals surface area (Å²) in [6.45, 7) is 6.16. The van der Waals surface area contributed by atoms with Gasteiger partial charge in [-0.3, -0.25) is 9.59 Å². The molecule has 260 valence electrons. The van der Waals surface area contributed by atoms with Gasteiger partial charge in [0, 0.05) is 44.7 Å². The van der Waals surface area contributed by atoms with Crippen molar-refractivity contribution in [2.24, 2.45) is 11.7 Å². The molecule has 1 fully saturated rings. The van der Waals surface area contributed by atoms with Crippen LogP contribution in [0.4, 0.5) is 0 Å². The predicted octanol–water partition coefficient (Wildman–Crippen LogP) is 4.59. The van der Waals surface area contributed by atoms with E-state index < -0.39 is 18.1 Å². The van der Waals surface area contributed by atoms with Crippen LogP contribution in [0.3, 0.4) is 0 Å². The minimum absolute atomic E-state index is 0.0497. The Balaban J connectivity index is 0.000000542. The molecule has 9 nitrogen and oxygen atoms in total. The van der Waals surface area contributed by atoms with Crippen molar-refractivity contribution in [2.75, 3.05) is 47.8 Å². The SMILES string of the molecule is CC(C)(N)C/C=C/C(=O)O.CN[C@H](Cc1ccc2ccccc2c1)C(=O)N(C)[C@H](Cc1ccccc1)C(=O)N1CCC[C@@H](CN(C)C)C1. The molecule has 4 rings (SSSR count). The zero-order chi connectivity index (χ0) is 35.3. The molecule has 0 unspecified atom stereocenters. The van der Waals surface area contributed by atoms with Crippen molar-refractivity contribution in [1.82, 2.24) is 20.0 Å². The number of carbonyl (C=O) groups excluding carboxylic acids is 2. The average Bonchev–Trinajstić information content (AvgIpc) is 3.05. The minimum atomic E-state index is -0.927. The van der Waals surface area contributed by atoms with Gasteiger partial charge >= 0.3 is 5.97 Å². The fraction of sp³-hybridized carbons (Fsp3) is 0.462. The lowest BCUT2D eigenvalue weighted by Crippen LogP contribution is -2.56. The molecule has 0 aliphatic carbocycles. The molecule has 0 radical (unpaired) electrons. The van der Waals surface area contributed by atoms with E-state index in [2.05, 4.69) is 54.6 Å². The Morgan fingerprint density at radius 3 is 2.27 bits per heavy atom. The van der Waals surface area contributed by atoms with Gasteiger partial charge in [0.15, 0.2) is 0 Å². The predicted molar refractivity (Wildman–Crippen MR) is 195 cm³/mol. The second kappa shape index (κ2) is 18.5. The topological polar surface area (TPSA) is 119 Å². The van der Waals surface area contributed by atoms with Gasteiger partial charge in [0.2, 0.25) is 11.8 Å². The Kier molecular flexibility index (Phi) is 14.8. The number of benzene rings is 3. The van der Waals surface area contributed by atoms with E-state index >= 15 is 0 Å². The zero-order valence-corrected chi connectivity index (χ0v) is 29.6. The van der Waals surface area contributed by atoms with E-state index in [0.29, 0.717) is 25.2 Å². The molecule has 0 spiro atoms. The zero-order valence-electron chi connectivity index (χ0n) is 29.6. The molecule has 2 amide bonds. The highest BCUT2D eigenvalue weighted by Gasteiger charge is 2.35. The first-order chi connectivity index (χ1) is 22.8. The third kappa shape index (κ3) is 12.5. The fourth-order valence-corrected chi connectivity index (χ4v) is 6.15. The van der Waals surface area contributed by atoms with Gasteiger partial charge in [-0.05, 0) is 88.5 Å². The van der Waals surface area contributed by atoms with E-state index in [1.54, 1.807) is 18.0 Å². The van der Waals surface area contributed by atoms with Crippen molar-refractivity contribution in [3.8, 4) is 0 Å². The van der Waals surface area contributed by atoms with Crippen LogP contribution in [0.25, 0.3) is 10.8 Å². The quantitative estimate of drug-likeness (QED) is 0.230. The van der Waals surface area contributed by atoms with E-state index in [1.807, 2.05) is 68.3 Å². The van der Waals surface area contributed by atoms with Gasteiger partial charge in [0.1, 0.15) is 6.04 Å². The number of likely N-dealkylation sites (tertiary alicyclic amines) is 1. The number of hydrogen-bond donors (Lipinski definition) is 3.